The maximum absolute atomic E-state index is 11.2. The molecule has 0 radical (unpaired) electrons. The van der Waals surface area contributed by atoms with Crippen LogP contribution in [0.5, 0.6) is 0 Å². The van der Waals surface area contributed by atoms with Gasteiger partial charge in [-0.3, -0.25) is 4.79 Å². The van der Waals surface area contributed by atoms with Crippen molar-refractivity contribution in [2.24, 2.45) is 23.7 Å². The van der Waals surface area contributed by atoms with Gasteiger partial charge in [-0.15, -0.1) is 0 Å². The zero-order chi connectivity index (χ0) is 12.7. The second kappa shape index (κ2) is 4.84. The molecule has 3 aliphatic heterocycles. The number of piperidine rings is 3. The highest BCUT2D eigenvalue weighted by Crippen LogP contribution is 2.49. The SMILES string of the molecule is CCC(CC1CC2C3CCN(CC3)C2C1)C(=O)O. The molecule has 4 fully saturated rings. The van der Waals surface area contributed by atoms with Crippen LogP contribution in [0.2, 0.25) is 0 Å². The summed E-state index contributed by atoms with van der Waals surface area (Å²) in [7, 11) is 0. The van der Waals surface area contributed by atoms with Gasteiger partial charge in [-0.2, -0.15) is 0 Å². The molecule has 0 spiro atoms. The molecule has 102 valence electrons. The minimum absolute atomic E-state index is 0.109. The maximum atomic E-state index is 11.2. The summed E-state index contributed by atoms with van der Waals surface area (Å²) in [5.74, 6) is 1.82. The van der Waals surface area contributed by atoms with Crippen molar-refractivity contribution in [1.82, 2.24) is 4.90 Å². The van der Waals surface area contributed by atoms with Crippen LogP contribution < -0.4 is 0 Å². The quantitative estimate of drug-likeness (QED) is 0.835. The van der Waals surface area contributed by atoms with Crippen molar-refractivity contribution < 1.29 is 9.90 Å². The number of carboxylic acid groups (broad SMARTS) is 1. The lowest BCUT2D eigenvalue weighted by Crippen LogP contribution is -2.52. The van der Waals surface area contributed by atoms with E-state index in [1.165, 1.54) is 38.8 Å². The first-order valence-electron chi connectivity index (χ1n) is 7.66. The van der Waals surface area contributed by atoms with Crippen LogP contribution in [-0.2, 0) is 4.79 Å². The topological polar surface area (TPSA) is 40.5 Å². The largest absolute Gasteiger partial charge is 0.481 e. The van der Waals surface area contributed by atoms with Gasteiger partial charge in [-0.25, -0.2) is 0 Å². The van der Waals surface area contributed by atoms with Gasteiger partial charge in [0.2, 0.25) is 0 Å². The molecule has 0 aromatic rings. The molecule has 2 bridgehead atoms. The van der Waals surface area contributed by atoms with Gasteiger partial charge >= 0.3 is 5.97 Å². The van der Waals surface area contributed by atoms with Crippen molar-refractivity contribution in [3.8, 4) is 0 Å². The van der Waals surface area contributed by atoms with E-state index in [4.69, 9.17) is 0 Å². The molecule has 0 aromatic carbocycles. The molecule has 4 atom stereocenters. The molecule has 4 rings (SSSR count). The molecule has 1 saturated carbocycles. The van der Waals surface area contributed by atoms with Gasteiger partial charge in [-0.1, -0.05) is 6.92 Å². The second-order valence-electron chi connectivity index (χ2n) is 6.62. The number of aliphatic carboxylic acids is 1. The summed E-state index contributed by atoms with van der Waals surface area (Å²) in [6.45, 7) is 4.61. The fourth-order valence-electron chi connectivity index (χ4n) is 4.80. The first-order valence-corrected chi connectivity index (χ1v) is 7.66. The van der Waals surface area contributed by atoms with Crippen LogP contribution in [0, 0.1) is 23.7 Å². The minimum Gasteiger partial charge on any atom is -0.481 e. The highest BCUT2D eigenvalue weighted by molar-refractivity contribution is 5.69. The Kier molecular flexibility index (Phi) is 3.35. The molecule has 3 nitrogen and oxygen atoms in total. The van der Waals surface area contributed by atoms with Gasteiger partial charge < -0.3 is 10.0 Å². The summed E-state index contributed by atoms with van der Waals surface area (Å²) in [6.07, 6.45) is 7.06. The first-order chi connectivity index (χ1) is 8.69. The summed E-state index contributed by atoms with van der Waals surface area (Å²) in [6, 6.07) is 0.800. The number of fused-ring (bicyclic) bond motifs is 2. The van der Waals surface area contributed by atoms with Crippen molar-refractivity contribution in [2.75, 3.05) is 13.1 Å². The smallest absolute Gasteiger partial charge is 0.306 e. The van der Waals surface area contributed by atoms with E-state index in [9.17, 15) is 9.90 Å². The Balaban J connectivity index is 1.63. The van der Waals surface area contributed by atoms with Gasteiger partial charge in [0.05, 0.1) is 5.92 Å². The third kappa shape index (κ3) is 2.07. The monoisotopic (exact) mass is 251 g/mol. The van der Waals surface area contributed by atoms with E-state index in [1.807, 2.05) is 6.92 Å². The molecule has 1 aliphatic carbocycles. The summed E-state index contributed by atoms with van der Waals surface area (Å²) >= 11 is 0. The van der Waals surface area contributed by atoms with Crippen LogP contribution in [-0.4, -0.2) is 35.1 Å². The highest BCUT2D eigenvalue weighted by atomic mass is 16.4. The molecule has 3 heteroatoms. The number of nitrogens with zero attached hydrogens (tertiary/aromatic N) is 1. The predicted octanol–water partition coefficient (Wildman–Crippen LogP) is 2.61. The Morgan fingerprint density at radius 3 is 2.61 bits per heavy atom. The Labute approximate surface area is 110 Å². The number of hydrogen-bond donors (Lipinski definition) is 1. The Morgan fingerprint density at radius 2 is 2.06 bits per heavy atom. The standard InChI is InChI=1S/C15H25NO2/c1-2-11(15(17)18)7-10-8-13-12-3-5-16(6-4-12)14(13)9-10/h10-14H,2-9H2,1H3,(H,17,18). The van der Waals surface area contributed by atoms with Crippen LogP contribution in [0.1, 0.15) is 45.4 Å². The Bertz CT molecular complexity index is 302. The number of carbonyl (C=O) groups is 1. The van der Waals surface area contributed by atoms with E-state index >= 15 is 0 Å². The fourth-order valence-corrected chi connectivity index (χ4v) is 4.80. The van der Waals surface area contributed by atoms with Crippen LogP contribution in [0.4, 0.5) is 0 Å². The number of hydrogen-bond acceptors (Lipinski definition) is 2. The van der Waals surface area contributed by atoms with E-state index in [1.54, 1.807) is 0 Å². The van der Waals surface area contributed by atoms with E-state index < -0.39 is 5.97 Å². The molecule has 0 amide bonds. The lowest BCUT2D eigenvalue weighted by Gasteiger charge is -2.48. The maximum Gasteiger partial charge on any atom is 0.306 e. The minimum atomic E-state index is -0.587. The Hall–Kier alpha value is -0.570. The lowest BCUT2D eigenvalue weighted by molar-refractivity contribution is -0.142. The molecule has 1 N–H and O–H groups in total. The first kappa shape index (κ1) is 12.5. The molecule has 3 heterocycles. The van der Waals surface area contributed by atoms with Crippen LogP contribution in [0.15, 0.2) is 0 Å². The molecule has 4 unspecified atom stereocenters. The van der Waals surface area contributed by atoms with Crippen molar-refractivity contribution in [3.63, 3.8) is 0 Å². The zero-order valence-electron chi connectivity index (χ0n) is 11.3. The number of rotatable bonds is 4. The van der Waals surface area contributed by atoms with Gasteiger partial charge in [0.25, 0.3) is 0 Å². The van der Waals surface area contributed by atoms with Crippen molar-refractivity contribution in [3.05, 3.63) is 0 Å². The predicted molar refractivity (Wildman–Crippen MR) is 70.3 cm³/mol. The third-order valence-electron chi connectivity index (χ3n) is 5.78. The zero-order valence-corrected chi connectivity index (χ0v) is 11.3. The molecule has 3 saturated heterocycles. The van der Waals surface area contributed by atoms with Crippen LogP contribution >= 0.6 is 0 Å². The Morgan fingerprint density at radius 1 is 1.33 bits per heavy atom. The summed E-state index contributed by atoms with van der Waals surface area (Å²) in [5, 5.41) is 9.20. The van der Waals surface area contributed by atoms with E-state index in [0.717, 1.165) is 30.7 Å². The average molecular weight is 251 g/mol. The average Bonchev–Trinajstić information content (AvgIpc) is 2.82. The number of carboxylic acids is 1. The van der Waals surface area contributed by atoms with E-state index in [2.05, 4.69) is 4.90 Å². The van der Waals surface area contributed by atoms with Crippen molar-refractivity contribution in [2.45, 2.75) is 51.5 Å². The molecule has 4 aliphatic rings. The molecular formula is C15H25NO2. The van der Waals surface area contributed by atoms with E-state index in [-0.39, 0.29) is 5.92 Å². The van der Waals surface area contributed by atoms with Gasteiger partial charge in [-0.05, 0) is 69.4 Å². The normalized spacial score (nSPS) is 43.7. The highest BCUT2D eigenvalue weighted by Gasteiger charge is 2.47. The molecule has 0 aromatic heterocycles. The van der Waals surface area contributed by atoms with Gasteiger partial charge in [0, 0.05) is 6.04 Å². The van der Waals surface area contributed by atoms with Gasteiger partial charge in [0.1, 0.15) is 0 Å². The summed E-state index contributed by atoms with van der Waals surface area (Å²) in [4.78, 5) is 13.9. The van der Waals surface area contributed by atoms with Crippen LogP contribution in [0.25, 0.3) is 0 Å². The molecular weight excluding hydrogens is 226 g/mol. The second-order valence-corrected chi connectivity index (χ2v) is 6.62. The van der Waals surface area contributed by atoms with Crippen molar-refractivity contribution in [1.29, 1.82) is 0 Å². The van der Waals surface area contributed by atoms with Crippen molar-refractivity contribution >= 4 is 5.97 Å². The van der Waals surface area contributed by atoms with Crippen LogP contribution in [0.3, 0.4) is 0 Å². The summed E-state index contributed by atoms with van der Waals surface area (Å²) in [5.41, 5.74) is 0. The van der Waals surface area contributed by atoms with Gasteiger partial charge in [0.15, 0.2) is 0 Å². The fraction of sp³-hybridized carbons (Fsp3) is 0.933. The molecule has 18 heavy (non-hydrogen) atoms. The van der Waals surface area contributed by atoms with E-state index in [0.29, 0.717) is 5.92 Å². The lowest BCUT2D eigenvalue weighted by atomic mass is 9.75. The summed E-state index contributed by atoms with van der Waals surface area (Å²) < 4.78 is 0. The third-order valence-corrected chi connectivity index (χ3v) is 5.78.